The molecule has 28 heavy (non-hydrogen) atoms. The zero-order valence-electron chi connectivity index (χ0n) is 15.5. The number of carbonyl (C=O) groups is 1. The van der Waals surface area contributed by atoms with Crippen LogP contribution < -0.4 is 0 Å². The molecular formula is C20H23FO5S2. The summed E-state index contributed by atoms with van der Waals surface area (Å²) in [7, 11) is -9.94. The van der Waals surface area contributed by atoms with Crippen molar-refractivity contribution >= 4 is 26.0 Å². The number of hydrogen-bond donors (Lipinski definition) is 0. The quantitative estimate of drug-likeness (QED) is 0.537. The van der Waals surface area contributed by atoms with Crippen LogP contribution in [0.1, 0.15) is 32.6 Å². The van der Waals surface area contributed by atoms with Crippen LogP contribution in [-0.2, 0) is 24.5 Å². The molecule has 0 bridgehead atoms. The summed E-state index contributed by atoms with van der Waals surface area (Å²) in [6.45, 7) is 1.81. The molecular weight excluding hydrogens is 403 g/mol. The summed E-state index contributed by atoms with van der Waals surface area (Å²) in [6, 6.07) is 13.3. The van der Waals surface area contributed by atoms with Crippen molar-refractivity contribution in [2.24, 2.45) is 5.92 Å². The van der Waals surface area contributed by atoms with Crippen LogP contribution in [0.15, 0.2) is 70.5 Å². The second kappa shape index (κ2) is 8.96. The lowest BCUT2D eigenvalue weighted by molar-refractivity contribution is -0.109. The van der Waals surface area contributed by atoms with Gasteiger partial charge in [-0.05, 0) is 30.7 Å². The molecule has 5 nitrogen and oxygen atoms in total. The van der Waals surface area contributed by atoms with Crippen molar-refractivity contribution in [2.75, 3.05) is 0 Å². The molecule has 0 aliphatic rings. The van der Waals surface area contributed by atoms with E-state index in [1.807, 2.05) is 6.92 Å². The first-order valence-corrected chi connectivity index (χ1v) is 11.9. The number of alkyl halides is 1. The van der Waals surface area contributed by atoms with Crippen LogP contribution in [0.5, 0.6) is 0 Å². The van der Waals surface area contributed by atoms with Gasteiger partial charge >= 0.3 is 4.33 Å². The van der Waals surface area contributed by atoms with Gasteiger partial charge in [-0.25, -0.2) is 21.2 Å². The van der Waals surface area contributed by atoms with E-state index in [-0.39, 0.29) is 6.42 Å². The molecule has 8 heteroatoms. The van der Waals surface area contributed by atoms with Gasteiger partial charge in [0.1, 0.15) is 6.29 Å². The molecule has 1 atom stereocenters. The van der Waals surface area contributed by atoms with Crippen molar-refractivity contribution in [1.29, 1.82) is 0 Å². The zero-order valence-corrected chi connectivity index (χ0v) is 17.1. The van der Waals surface area contributed by atoms with E-state index in [1.54, 1.807) is 12.1 Å². The lowest BCUT2D eigenvalue weighted by Crippen LogP contribution is -2.48. The number of rotatable bonds is 10. The summed E-state index contributed by atoms with van der Waals surface area (Å²) in [5.41, 5.74) is 0. The molecule has 2 aromatic rings. The fraction of sp³-hybridized carbons (Fsp3) is 0.350. The van der Waals surface area contributed by atoms with Gasteiger partial charge in [0.2, 0.25) is 19.7 Å². The Kier molecular flexibility index (Phi) is 7.11. The number of sulfone groups is 2. The molecule has 0 N–H and O–H groups in total. The van der Waals surface area contributed by atoms with Gasteiger partial charge in [-0.3, -0.25) is 0 Å². The predicted octanol–water partition coefficient (Wildman–Crippen LogP) is 3.95. The molecule has 2 aromatic carbocycles. The Morgan fingerprint density at radius 2 is 1.32 bits per heavy atom. The van der Waals surface area contributed by atoms with Crippen molar-refractivity contribution in [3.8, 4) is 0 Å². The molecule has 0 spiro atoms. The van der Waals surface area contributed by atoms with Crippen molar-refractivity contribution in [2.45, 2.75) is 46.7 Å². The number of carbonyl (C=O) groups excluding carboxylic acids is 1. The highest BCUT2D eigenvalue weighted by Crippen LogP contribution is 2.45. The van der Waals surface area contributed by atoms with E-state index < -0.39 is 46.1 Å². The predicted molar refractivity (Wildman–Crippen MR) is 105 cm³/mol. The largest absolute Gasteiger partial charge is 0.320 e. The molecule has 0 aliphatic carbocycles. The van der Waals surface area contributed by atoms with E-state index in [0.29, 0.717) is 19.1 Å². The zero-order chi connectivity index (χ0) is 20.8. The maximum absolute atomic E-state index is 16.6. The van der Waals surface area contributed by atoms with Crippen molar-refractivity contribution in [3.05, 3.63) is 60.7 Å². The average molecular weight is 427 g/mol. The summed E-state index contributed by atoms with van der Waals surface area (Å²) in [6.07, 6.45) is 0.787. The average Bonchev–Trinajstić information content (AvgIpc) is 2.71. The third-order valence-electron chi connectivity index (χ3n) is 4.61. The molecule has 0 amide bonds. The number of aldehydes is 1. The van der Waals surface area contributed by atoms with Gasteiger partial charge < -0.3 is 4.79 Å². The van der Waals surface area contributed by atoms with E-state index in [0.717, 1.165) is 24.3 Å². The first kappa shape index (κ1) is 22.2. The number of hydrogen-bond acceptors (Lipinski definition) is 5. The van der Waals surface area contributed by atoms with Crippen molar-refractivity contribution in [3.63, 3.8) is 0 Å². The van der Waals surface area contributed by atoms with Crippen molar-refractivity contribution in [1.82, 2.24) is 0 Å². The highest BCUT2D eigenvalue weighted by molar-refractivity contribution is 8.10. The minimum atomic E-state index is -4.97. The molecule has 0 aromatic heterocycles. The lowest BCUT2D eigenvalue weighted by Gasteiger charge is -2.32. The first-order valence-electron chi connectivity index (χ1n) is 8.95. The SMILES string of the molecule is CCCC[C@H](CC=O)C(F)(S(=O)(=O)c1ccccc1)S(=O)(=O)c1ccccc1. The highest BCUT2D eigenvalue weighted by Gasteiger charge is 2.61. The molecule has 2 rings (SSSR count). The Morgan fingerprint density at radius 1 is 0.893 bits per heavy atom. The molecule has 152 valence electrons. The highest BCUT2D eigenvalue weighted by atomic mass is 32.3. The van der Waals surface area contributed by atoms with Crippen LogP contribution in [0.4, 0.5) is 4.39 Å². The number of unbranched alkanes of at least 4 members (excludes halogenated alkanes) is 1. The van der Waals surface area contributed by atoms with Gasteiger partial charge in [0.05, 0.1) is 9.79 Å². The summed E-state index contributed by atoms with van der Waals surface area (Å²) < 4.78 is 66.0. The Morgan fingerprint density at radius 3 is 1.68 bits per heavy atom. The lowest BCUT2D eigenvalue weighted by atomic mass is 10.0. The van der Waals surface area contributed by atoms with Crippen LogP contribution in [-0.4, -0.2) is 27.5 Å². The topological polar surface area (TPSA) is 85.3 Å². The van der Waals surface area contributed by atoms with Gasteiger partial charge in [0.15, 0.2) is 0 Å². The van der Waals surface area contributed by atoms with E-state index >= 15 is 4.39 Å². The molecule has 0 aliphatic heterocycles. The Balaban J connectivity index is 2.79. The minimum Gasteiger partial charge on any atom is -0.303 e. The summed E-state index contributed by atoms with van der Waals surface area (Å²) in [4.78, 5) is 10.3. The summed E-state index contributed by atoms with van der Waals surface area (Å²) >= 11 is 0. The number of halogens is 1. The minimum absolute atomic E-state index is 0.0517. The second-order valence-corrected chi connectivity index (χ2v) is 10.9. The molecule has 0 unspecified atom stereocenters. The standard InChI is InChI=1S/C20H23FO5S2/c1-2-3-10-17(15-16-22)20(21,27(23,24)18-11-6-4-7-12-18)28(25,26)19-13-8-5-9-14-19/h4-9,11-14,16-17H,2-3,10,15H2,1H3/t17-/m1/s1. The fourth-order valence-electron chi connectivity index (χ4n) is 3.10. The molecule has 0 saturated heterocycles. The summed E-state index contributed by atoms with van der Waals surface area (Å²) in [5.74, 6) is -1.53. The van der Waals surface area contributed by atoms with Crippen molar-refractivity contribution < 1.29 is 26.0 Å². The molecule has 0 fully saturated rings. The second-order valence-electron chi connectivity index (χ2n) is 6.46. The van der Waals surface area contributed by atoms with Crippen LogP contribution in [0.3, 0.4) is 0 Å². The maximum Gasteiger partial charge on any atom is 0.320 e. The Hall–Kier alpha value is -2.06. The van der Waals surface area contributed by atoms with E-state index in [2.05, 4.69) is 0 Å². The van der Waals surface area contributed by atoms with Crippen LogP contribution in [0.25, 0.3) is 0 Å². The summed E-state index contributed by atoms with van der Waals surface area (Å²) in [5, 5.41) is 0. The van der Waals surface area contributed by atoms with Gasteiger partial charge in [0.25, 0.3) is 0 Å². The van der Waals surface area contributed by atoms with Gasteiger partial charge in [0, 0.05) is 12.3 Å². The van der Waals surface area contributed by atoms with E-state index in [4.69, 9.17) is 0 Å². The third kappa shape index (κ3) is 3.89. The number of benzene rings is 2. The van der Waals surface area contributed by atoms with Gasteiger partial charge in [-0.15, -0.1) is 0 Å². The first-order chi connectivity index (χ1) is 13.2. The monoisotopic (exact) mass is 426 g/mol. The molecule has 0 saturated carbocycles. The smallest absolute Gasteiger partial charge is 0.303 e. The molecule has 0 radical (unpaired) electrons. The van der Waals surface area contributed by atoms with Crippen LogP contribution in [0, 0.1) is 5.92 Å². The van der Waals surface area contributed by atoms with Crippen LogP contribution >= 0.6 is 0 Å². The van der Waals surface area contributed by atoms with E-state index in [9.17, 15) is 21.6 Å². The Labute approximate surface area is 165 Å². The third-order valence-corrected chi connectivity index (χ3v) is 9.85. The molecule has 0 heterocycles. The normalized spacial score (nSPS) is 13.8. The van der Waals surface area contributed by atoms with Gasteiger partial charge in [-0.2, -0.15) is 0 Å². The van der Waals surface area contributed by atoms with Crippen LogP contribution in [0.2, 0.25) is 0 Å². The fourth-order valence-corrected chi connectivity index (χ4v) is 7.81. The van der Waals surface area contributed by atoms with E-state index in [1.165, 1.54) is 24.3 Å². The van der Waals surface area contributed by atoms with Gasteiger partial charge in [-0.1, -0.05) is 56.2 Å². The Bertz CT molecular complexity index is 918. The maximum atomic E-state index is 16.6.